The van der Waals surface area contributed by atoms with E-state index in [-0.39, 0.29) is 29.7 Å². The molecule has 0 bridgehead atoms. The predicted octanol–water partition coefficient (Wildman–Crippen LogP) is 3.66. The Morgan fingerprint density at radius 1 is 1.19 bits per heavy atom. The highest BCUT2D eigenvalue weighted by Gasteiger charge is 2.27. The lowest BCUT2D eigenvalue weighted by molar-refractivity contribution is 0.126. The molecule has 3 aromatic rings. The van der Waals surface area contributed by atoms with Gasteiger partial charge in [-0.15, -0.1) is 0 Å². The second-order valence-electron chi connectivity index (χ2n) is 7.23. The second-order valence-corrected chi connectivity index (χ2v) is 7.23. The zero-order valence-corrected chi connectivity index (χ0v) is 16.5. The summed E-state index contributed by atoms with van der Waals surface area (Å²) in [6.07, 6.45) is -10.6. The molecule has 32 heavy (non-hydrogen) atoms. The number of nitrogens with one attached hydrogen (secondary N) is 2. The fourth-order valence-electron chi connectivity index (χ4n) is 3.54. The Balaban J connectivity index is 1.57. The molecule has 1 saturated heterocycles. The summed E-state index contributed by atoms with van der Waals surface area (Å²) >= 11 is 0. The summed E-state index contributed by atoms with van der Waals surface area (Å²) in [7, 11) is 0. The van der Waals surface area contributed by atoms with Crippen molar-refractivity contribution in [3.8, 4) is 0 Å². The van der Waals surface area contributed by atoms with Gasteiger partial charge < -0.3 is 20.5 Å². The lowest BCUT2D eigenvalue weighted by Crippen LogP contribution is -2.29. The molecular formula is C21H23F3N6O2. The first-order valence-corrected chi connectivity index (χ1v) is 9.74. The minimum absolute atomic E-state index is 0.0771. The third kappa shape index (κ3) is 4.09. The zero-order valence-electron chi connectivity index (χ0n) is 23.5. The first-order valence-electron chi connectivity index (χ1n) is 13.3. The fourth-order valence-corrected chi connectivity index (χ4v) is 3.54. The number of anilines is 3. The van der Waals surface area contributed by atoms with Crippen LogP contribution in [0, 0.1) is 17.5 Å². The van der Waals surface area contributed by atoms with Crippen LogP contribution in [0.5, 0.6) is 0 Å². The van der Waals surface area contributed by atoms with Crippen molar-refractivity contribution < 1.29 is 32.6 Å². The molecule has 0 amide bonds. The summed E-state index contributed by atoms with van der Waals surface area (Å²) in [5.74, 6) is -3.94. The number of ether oxygens (including phenoxy) is 1. The fraction of sp³-hybridized carbons (Fsp3) is 0.476. The molecule has 8 nitrogen and oxygen atoms in total. The number of rotatable bonds is 5. The Labute approximate surface area is 191 Å². The molecule has 2 aliphatic rings. The summed E-state index contributed by atoms with van der Waals surface area (Å²) in [4.78, 5) is 12.6. The van der Waals surface area contributed by atoms with Crippen molar-refractivity contribution in [3.63, 3.8) is 0 Å². The normalized spacial score (nSPS) is 36.8. The van der Waals surface area contributed by atoms with Crippen molar-refractivity contribution >= 4 is 28.7 Å². The maximum Gasteiger partial charge on any atom is 0.224 e. The topological polar surface area (TPSA) is 97.1 Å². The molecule has 3 heterocycles. The monoisotopic (exact) mass is 455 g/mol. The Bertz CT molecular complexity index is 1420. The summed E-state index contributed by atoms with van der Waals surface area (Å²) in [6.45, 7) is 0.556. The number of halogens is 3. The van der Waals surface area contributed by atoms with Crippen LogP contribution in [0.15, 0.2) is 18.3 Å². The van der Waals surface area contributed by atoms with Gasteiger partial charge in [-0.25, -0.2) is 23.1 Å². The molecular weight excluding hydrogens is 425 g/mol. The van der Waals surface area contributed by atoms with Crippen LogP contribution in [0.1, 0.15) is 47.6 Å². The number of aliphatic hydroxyl groups is 1. The van der Waals surface area contributed by atoms with Gasteiger partial charge in [0, 0.05) is 31.6 Å². The summed E-state index contributed by atoms with van der Waals surface area (Å²) in [5.41, 5.74) is -0.432. The number of nitrogens with zero attached hydrogens (tertiary/aromatic N) is 4. The third-order valence-corrected chi connectivity index (χ3v) is 5.04. The first-order chi connectivity index (χ1) is 18.1. The van der Waals surface area contributed by atoms with Gasteiger partial charge >= 0.3 is 0 Å². The van der Waals surface area contributed by atoms with Crippen LogP contribution >= 0.6 is 0 Å². The van der Waals surface area contributed by atoms with Crippen molar-refractivity contribution in [1.82, 2.24) is 19.5 Å². The Kier molecular flexibility index (Phi) is 3.81. The van der Waals surface area contributed by atoms with E-state index in [2.05, 4.69) is 25.6 Å². The van der Waals surface area contributed by atoms with E-state index in [1.165, 1.54) is 10.8 Å². The number of imidazole rings is 1. The van der Waals surface area contributed by atoms with Gasteiger partial charge in [0.25, 0.3) is 0 Å². The molecule has 5 rings (SSSR count). The molecule has 4 unspecified atom stereocenters. The Morgan fingerprint density at radius 2 is 2.00 bits per heavy atom. The highest BCUT2D eigenvalue weighted by Crippen LogP contribution is 2.32. The Morgan fingerprint density at radius 3 is 2.75 bits per heavy atom. The standard InChI is InChI=1S/C21H23F3N6O2/c22-11-7-15(23)18(16(24)8-11)28-21-27-17-9-25-20(26-12-1-3-14(31)4-2-12)29-19(17)30(21)13-5-6-32-10-13/h7-9,12-14,31H,1-6,10H2,(H,27,28)(H,25,26,29)/i1D2,3D,4D2,12D,14D. The van der Waals surface area contributed by atoms with Gasteiger partial charge in [-0.05, 0) is 32.0 Å². The molecule has 1 aliphatic carbocycles. The number of aromatic nitrogens is 4. The highest BCUT2D eigenvalue weighted by atomic mass is 19.1. The Hall–Kier alpha value is -2.92. The van der Waals surface area contributed by atoms with Gasteiger partial charge in [-0.2, -0.15) is 4.98 Å². The van der Waals surface area contributed by atoms with Crippen LogP contribution in [-0.4, -0.2) is 49.9 Å². The molecule has 2 aromatic heterocycles. The van der Waals surface area contributed by atoms with Crippen LogP contribution in [-0.2, 0) is 4.74 Å². The van der Waals surface area contributed by atoms with E-state index in [0.29, 0.717) is 25.2 Å². The first kappa shape index (κ1) is 14.3. The lowest BCUT2D eigenvalue weighted by atomic mass is 9.93. The average molecular weight is 455 g/mol. The molecule has 11 heteroatoms. The van der Waals surface area contributed by atoms with E-state index in [9.17, 15) is 18.3 Å². The maximum absolute atomic E-state index is 14.4. The number of hydrogen-bond acceptors (Lipinski definition) is 7. The van der Waals surface area contributed by atoms with Gasteiger partial charge in [0.2, 0.25) is 11.9 Å². The average Bonchev–Trinajstić information content (AvgIpc) is 3.46. The number of benzene rings is 1. The quantitative estimate of drug-likeness (QED) is 0.540. The van der Waals surface area contributed by atoms with Crippen molar-refractivity contribution in [2.45, 2.75) is 50.1 Å². The van der Waals surface area contributed by atoms with Gasteiger partial charge in [0.05, 0.1) is 27.7 Å². The van der Waals surface area contributed by atoms with Crippen molar-refractivity contribution in [2.24, 2.45) is 0 Å². The summed E-state index contributed by atoms with van der Waals surface area (Å²) < 4.78 is 106. The minimum Gasteiger partial charge on any atom is -0.393 e. The van der Waals surface area contributed by atoms with Crippen molar-refractivity contribution in [3.05, 3.63) is 35.8 Å². The van der Waals surface area contributed by atoms with Gasteiger partial charge in [-0.3, -0.25) is 4.57 Å². The minimum atomic E-state index is -3.12. The van der Waals surface area contributed by atoms with E-state index in [1.807, 2.05) is 0 Å². The third-order valence-electron chi connectivity index (χ3n) is 5.04. The molecule has 1 aliphatic heterocycles. The van der Waals surface area contributed by atoms with Crippen LogP contribution < -0.4 is 10.6 Å². The zero-order chi connectivity index (χ0) is 28.5. The summed E-state index contributed by atoms with van der Waals surface area (Å²) in [6, 6.07) is -1.99. The van der Waals surface area contributed by atoms with Gasteiger partial charge in [0.15, 0.2) is 17.3 Å². The smallest absolute Gasteiger partial charge is 0.224 e. The molecule has 0 spiro atoms. The summed E-state index contributed by atoms with van der Waals surface area (Å²) in [5, 5.41) is 15.1. The molecule has 170 valence electrons. The van der Waals surface area contributed by atoms with Crippen LogP contribution in [0.3, 0.4) is 0 Å². The van der Waals surface area contributed by atoms with Gasteiger partial charge in [0.1, 0.15) is 17.0 Å². The SMILES string of the molecule is [2H]C1C([2H])([2H])C([2H])(Nc2ncc3nc(Nc4c(F)cc(F)cc4F)n(C4CCOC4)c3n2)CC([2H])([2H])C1([2H])O. The molecule has 3 N–H and O–H groups in total. The van der Waals surface area contributed by atoms with E-state index < -0.39 is 66.8 Å². The van der Waals surface area contributed by atoms with E-state index >= 15 is 0 Å². The largest absolute Gasteiger partial charge is 0.393 e. The van der Waals surface area contributed by atoms with Crippen LogP contribution in [0.4, 0.5) is 30.8 Å². The lowest BCUT2D eigenvalue weighted by Gasteiger charge is -2.26. The molecule has 1 aromatic carbocycles. The predicted molar refractivity (Wildman–Crippen MR) is 111 cm³/mol. The van der Waals surface area contributed by atoms with Crippen molar-refractivity contribution in [2.75, 3.05) is 23.8 Å². The van der Waals surface area contributed by atoms with Crippen molar-refractivity contribution in [1.29, 1.82) is 0 Å². The van der Waals surface area contributed by atoms with Gasteiger partial charge in [-0.1, -0.05) is 0 Å². The van der Waals surface area contributed by atoms with Crippen LogP contribution in [0.25, 0.3) is 11.2 Å². The van der Waals surface area contributed by atoms with Crippen LogP contribution in [0.2, 0.25) is 0 Å². The second kappa shape index (κ2) is 8.55. The molecule has 4 atom stereocenters. The number of hydrogen-bond donors (Lipinski definition) is 3. The van der Waals surface area contributed by atoms with E-state index in [4.69, 9.17) is 14.3 Å². The molecule has 0 radical (unpaired) electrons. The van der Waals surface area contributed by atoms with E-state index in [1.54, 1.807) is 0 Å². The maximum atomic E-state index is 14.4. The highest BCUT2D eigenvalue weighted by molar-refractivity contribution is 5.76. The molecule has 2 fully saturated rings. The number of fused-ring (bicyclic) bond motifs is 1. The molecule has 1 saturated carbocycles. The van der Waals surface area contributed by atoms with E-state index in [0.717, 1.165) is 0 Å².